The quantitative estimate of drug-likeness (QED) is 0.473. The van der Waals surface area contributed by atoms with Crippen molar-refractivity contribution in [1.29, 1.82) is 0 Å². The predicted molar refractivity (Wildman–Crippen MR) is 105 cm³/mol. The summed E-state index contributed by atoms with van der Waals surface area (Å²) in [7, 11) is 0. The van der Waals surface area contributed by atoms with Gasteiger partial charge in [-0.3, -0.25) is 9.59 Å². The van der Waals surface area contributed by atoms with Crippen LogP contribution in [0.15, 0.2) is 91.1 Å². The largest absolute Gasteiger partial charge is 0.361 e. The van der Waals surface area contributed by atoms with E-state index in [4.69, 9.17) is 11.6 Å². The van der Waals surface area contributed by atoms with Gasteiger partial charge in [-0.25, -0.2) is 0 Å². The molecule has 3 rings (SSSR count). The molecule has 0 saturated heterocycles. The second-order valence-corrected chi connectivity index (χ2v) is 5.97. The number of para-hydroxylation sites is 1. The summed E-state index contributed by atoms with van der Waals surface area (Å²) in [5.41, 5.74) is 2.21. The highest BCUT2D eigenvalue weighted by atomic mass is 35.5. The standard InChI is InChI=1S/C22H16ClNO2/c23-19-12-6-4-10-17(19)21(25)14-15-24-20-13-7-5-11-18(20)22(26)16-8-2-1-3-9-16/h1-15,24H/b15-14+. The zero-order chi connectivity index (χ0) is 18.4. The van der Waals surface area contributed by atoms with Crippen molar-refractivity contribution < 1.29 is 9.59 Å². The Kier molecular flexibility index (Phi) is 5.62. The summed E-state index contributed by atoms with van der Waals surface area (Å²) in [5, 5.41) is 3.42. The predicted octanol–water partition coefficient (Wildman–Crippen LogP) is 5.38. The van der Waals surface area contributed by atoms with Crippen molar-refractivity contribution in [2.75, 3.05) is 5.32 Å². The Labute approximate surface area is 156 Å². The number of halogens is 1. The van der Waals surface area contributed by atoms with Gasteiger partial charge in [0.25, 0.3) is 0 Å². The summed E-state index contributed by atoms with van der Waals surface area (Å²) >= 11 is 6.03. The summed E-state index contributed by atoms with van der Waals surface area (Å²) in [6.07, 6.45) is 2.91. The fraction of sp³-hybridized carbons (Fsp3) is 0. The maximum absolute atomic E-state index is 12.7. The minimum atomic E-state index is -0.213. The molecule has 0 aliphatic heterocycles. The van der Waals surface area contributed by atoms with Crippen LogP contribution in [0, 0.1) is 0 Å². The van der Waals surface area contributed by atoms with Crippen LogP contribution in [-0.4, -0.2) is 11.6 Å². The van der Waals surface area contributed by atoms with Crippen LogP contribution in [0.3, 0.4) is 0 Å². The molecular formula is C22H16ClNO2. The van der Waals surface area contributed by atoms with Gasteiger partial charge in [-0.2, -0.15) is 0 Å². The van der Waals surface area contributed by atoms with Gasteiger partial charge in [0.15, 0.2) is 11.6 Å². The van der Waals surface area contributed by atoms with E-state index in [1.807, 2.05) is 24.3 Å². The lowest BCUT2D eigenvalue weighted by molar-refractivity contribution is 0.103. The smallest absolute Gasteiger partial charge is 0.195 e. The molecule has 3 aromatic rings. The number of hydrogen-bond donors (Lipinski definition) is 1. The highest BCUT2D eigenvalue weighted by Gasteiger charge is 2.12. The molecule has 0 atom stereocenters. The molecule has 0 aliphatic carbocycles. The number of allylic oxidation sites excluding steroid dienone is 1. The topological polar surface area (TPSA) is 46.2 Å². The number of ketones is 2. The molecule has 0 saturated carbocycles. The molecule has 3 aromatic carbocycles. The van der Waals surface area contributed by atoms with Crippen molar-refractivity contribution >= 4 is 28.9 Å². The SMILES string of the molecule is O=C(/C=C/Nc1ccccc1C(=O)c1ccccc1)c1ccccc1Cl. The molecule has 0 aromatic heterocycles. The fourth-order valence-corrected chi connectivity index (χ4v) is 2.74. The molecule has 26 heavy (non-hydrogen) atoms. The molecule has 3 nitrogen and oxygen atoms in total. The lowest BCUT2D eigenvalue weighted by atomic mass is 10.0. The number of rotatable bonds is 6. The van der Waals surface area contributed by atoms with Crippen molar-refractivity contribution in [3.63, 3.8) is 0 Å². The van der Waals surface area contributed by atoms with E-state index in [1.54, 1.807) is 54.6 Å². The van der Waals surface area contributed by atoms with Gasteiger partial charge in [0.1, 0.15) is 0 Å². The van der Waals surface area contributed by atoms with Crippen LogP contribution >= 0.6 is 11.6 Å². The highest BCUT2D eigenvalue weighted by molar-refractivity contribution is 6.34. The minimum Gasteiger partial charge on any atom is -0.361 e. The third-order valence-electron chi connectivity index (χ3n) is 3.82. The van der Waals surface area contributed by atoms with E-state index in [0.717, 1.165) is 0 Å². The Balaban J connectivity index is 1.78. The van der Waals surface area contributed by atoms with Gasteiger partial charge in [0.05, 0.1) is 5.02 Å². The molecule has 0 spiro atoms. The van der Waals surface area contributed by atoms with E-state index in [2.05, 4.69) is 5.32 Å². The van der Waals surface area contributed by atoms with Crippen molar-refractivity contribution in [2.45, 2.75) is 0 Å². The molecule has 0 aliphatic rings. The van der Waals surface area contributed by atoms with Gasteiger partial charge in [0, 0.05) is 34.7 Å². The molecule has 0 amide bonds. The van der Waals surface area contributed by atoms with Gasteiger partial charge in [0.2, 0.25) is 0 Å². The first-order chi connectivity index (χ1) is 12.7. The zero-order valence-corrected chi connectivity index (χ0v) is 14.6. The van der Waals surface area contributed by atoms with Gasteiger partial charge in [-0.05, 0) is 24.3 Å². The maximum atomic E-state index is 12.7. The first-order valence-corrected chi connectivity index (χ1v) is 8.45. The van der Waals surface area contributed by atoms with Crippen LogP contribution in [0.25, 0.3) is 0 Å². The van der Waals surface area contributed by atoms with Gasteiger partial charge < -0.3 is 5.32 Å². The van der Waals surface area contributed by atoms with Crippen LogP contribution in [0.1, 0.15) is 26.3 Å². The molecule has 128 valence electrons. The summed E-state index contributed by atoms with van der Waals surface area (Å²) in [4.78, 5) is 24.9. The minimum absolute atomic E-state index is 0.0838. The lowest BCUT2D eigenvalue weighted by Gasteiger charge is -2.08. The average molecular weight is 362 g/mol. The van der Waals surface area contributed by atoms with Crippen molar-refractivity contribution in [3.05, 3.63) is 113 Å². The Morgan fingerprint density at radius 2 is 1.38 bits per heavy atom. The van der Waals surface area contributed by atoms with Gasteiger partial charge >= 0.3 is 0 Å². The van der Waals surface area contributed by atoms with Crippen LogP contribution in [0.4, 0.5) is 5.69 Å². The van der Waals surface area contributed by atoms with E-state index in [9.17, 15) is 9.59 Å². The van der Waals surface area contributed by atoms with Gasteiger partial charge in [-0.1, -0.05) is 66.2 Å². The monoisotopic (exact) mass is 361 g/mol. The summed E-state index contributed by atoms with van der Waals surface area (Å²) in [6, 6.07) is 23.1. The second kappa shape index (κ2) is 8.28. The molecule has 0 heterocycles. The number of benzene rings is 3. The molecule has 0 radical (unpaired) electrons. The highest BCUT2D eigenvalue weighted by Crippen LogP contribution is 2.20. The number of nitrogens with one attached hydrogen (secondary N) is 1. The fourth-order valence-electron chi connectivity index (χ4n) is 2.51. The molecule has 0 bridgehead atoms. The molecule has 4 heteroatoms. The lowest BCUT2D eigenvalue weighted by Crippen LogP contribution is -2.05. The Morgan fingerprint density at radius 3 is 2.12 bits per heavy atom. The third-order valence-corrected chi connectivity index (χ3v) is 4.15. The second-order valence-electron chi connectivity index (χ2n) is 5.56. The zero-order valence-electron chi connectivity index (χ0n) is 13.9. The number of carbonyl (C=O) groups is 2. The van der Waals surface area contributed by atoms with Crippen LogP contribution in [-0.2, 0) is 0 Å². The third kappa shape index (κ3) is 4.08. The number of carbonyl (C=O) groups excluding carboxylic acids is 2. The first-order valence-electron chi connectivity index (χ1n) is 8.07. The summed E-state index contributed by atoms with van der Waals surface area (Å²) in [6.45, 7) is 0. The first kappa shape index (κ1) is 17.6. The molecular weight excluding hydrogens is 346 g/mol. The number of hydrogen-bond acceptors (Lipinski definition) is 3. The maximum Gasteiger partial charge on any atom is 0.195 e. The average Bonchev–Trinajstić information content (AvgIpc) is 2.69. The Hall–Kier alpha value is -3.17. The van der Waals surface area contributed by atoms with Crippen molar-refractivity contribution in [1.82, 2.24) is 0 Å². The molecule has 0 fully saturated rings. The summed E-state index contributed by atoms with van der Waals surface area (Å²) < 4.78 is 0. The normalized spacial score (nSPS) is 10.7. The summed E-state index contributed by atoms with van der Waals surface area (Å²) in [5.74, 6) is -0.297. The Bertz CT molecular complexity index is 965. The van der Waals surface area contributed by atoms with E-state index in [1.165, 1.54) is 12.3 Å². The van der Waals surface area contributed by atoms with E-state index >= 15 is 0 Å². The van der Waals surface area contributed by atoms with Crippen LogP contribution < -0.4 is 5.32 Å². The van der Waals surface area contributed by atoms with Gasteiger partial charge in [-0.15, -0.1) is 0 Å². The van der Waals surface area contributed by atoms with E-state index in [-0.39, 0.29) is 11.6 Å². The van der Waals surface area contributed by atoms with Crippen LogP contribution in [0.2, 0.25) is 5.02 Å². The Morgan fingerprint density at radius 1 is 0.769 bits per heavy atom. The number of anilines is 1. The van der Waals surface area contributed by atoms with Crippen molar-refractivity contribution in [2.24, 2.45) is 0 Å². The molecule has 0 unspecified atom stereocenters. The molecule has 1 N–H and O–H groups in total. The van der Waals surface area contributed by atoms with Crippen molar-refractivity contribution in [3.8, 4) is 0 Å². The van der Waals surface area contributed by atoms with Crippen LogP contribution in [0.5, 0.6) is 0 Å². The van der Waals surface area contributed by atoms with E-state index in [0.29, 0.717) is 27.4 Å². The van der Waals surface area contributed by atoms with E-state index < -0.39 is 0 Å².